The van der Waals surface area contributed by atoms with Gasteiger partial charge in [0.25, 0.3) is 0 Å². The van der Waals surface area contributed by atoms with Gasteiger partial charge in [-0.25, -0.2) is 19.8 Å². The van der Waals surface area contributed by atoms with Crippen LogP contribution in [0.15, 0.2) is 127 Å². The lowest BCUT2D eigenvalue weighted by atomic mass is 10.1. The molecule has 5 nitrogen and oxygen atoms in total. The normalized spacial score (nSPS) is 11.1. The van der Waals surface area contributed by atoms with Crippen molar-refractivity contribution in [2.45, 2.75) is 0 Å². The molecule has 7 aromatic rings. The van der Waals surface area contributed by atoms with E-state index >= 15 is 0 Å². The average molecular weight is 500 g/mol. The molecule has 0 N–H and O–H groups in total. The molecule has 39 heavy (non-hydrogen) atoms. The molecule has 0 bridgehead atoms. The molecular weight excluding hydrogens is 478 g/mol. The fraction of sp³-hybridized carbons (Fsp3) is 0. The summed E-state index contributed by atoms with van der Waals surface area (Å²) in [4.78, 5) is 18.4. The van der Waals surface area contributed by atoms with Gasteiger partial charge in [-0.3, -0.25) is 0 Å². The standard InChI is InChI=1S/C34H21N5/c1-35-28-22-25(20-21-31(28)39-29-18-10-8-16-26(29)27-17-9-11-19-30(27)39)34-37-32(23-12-4-2-5-13-23)36-33(38-34)24-14-6-3-7-15-24/h2-22H. The third-order valence-electron chi connectivity index (χ3n) is 6.87. The Balaban J connectivity index is 1.43. The van der Waals surface area contributed by atoms with Crippen LogP contribution in [-0.4, -0.2) is 19.5 Å². The molecule has 0 amide bonds. The van der Waals surface area contributed by atoms with Gasteiger partial charge in [0.2, 0.25) is 5.69 Å². The van der Waals surface area contributed by atoms with E-state index in [4.69, 9.17) is 21.5 Å². The molecule has 5 heteroatoms. The highest BCUT2D eigenvalue weighted by atomic mass is 15.0. The smallest absolute Gasteiger partial charge is 0.211 e. The monoisotopic (exact) mass is 499 g/mol. The maximum atomic E-state index is 8.07. The molecule has 0 atom stereocenters. The predicted molar refractivity (Wildman–Crippen MR) is 157 cm³/mol. The fourth-order valence-electron chi connectivity index (χ4n) is 5.06. The highest BCUT2D eigenvalue weighted by Crippen LogP contribution is 2.37. The largest absolute Gasteiger partial charge is 0.319 e. The Morgan fingerprint density at radius 3 is 1.46 bits per heavy atom. The Kier molecular flexibility index (Phi) is 5.42. The van der Waals surface area contributed by atoms with Crippen molar-refractivity contribution in [2.24, 2.45) is 0 Å². The zero-order chi connectivity index (χ0) is 26.2. The van der Waals surface area contributed by atoms with E-state index in [0.717, 1.165) is 44.2 Å². The van der Waals surface area contributed by atoms with E-state index in [2.05, 4.69) is 33.7 Å². The average Bonchev–Trinajstić information content (AvgIpc) is 3.35. The van der Waals surface area contributed by atoms with E-state index in [1.807, 2.05) is 103 Å². The van der Waals surface area contributed by atoms with Gasteiger partial charge in [-0.1, -0.05) is 103 Å². The molecule has 0 spiro atoms. The maximum absolute atomic E-state index is 8.07. The molecular formula is C34H21N5. The quantitative estimate of drug-likeness (QED) is 0.228. The molecule has 0 aliphatic heterocycles. The molecule has 0 aliphatic rings. The summed E-state index contributed by atoms with van der Waals surface area (Å²) < 4.78 is 2.17. The van der Waals surface area contributed by atoms with Crippen LogP contribution >= 0.6 is 0 Å². The summed E-state index contributed by atoms with van der Waals surface area (Å²) in [5.41, 5.74) is 6.07. The summed E-state index contributed by atoms with van der Waals surface area (Å²) in [6, 6.07) is 42.3. The third kappa shape index (κ3) is 3.92. The van der Waals surface area contributed by atoms with E-state index in [1.54, 1.807) is 0 Å². The third-order valence-corrected chi connectivity index (χ3v) is 6.87. The molecule has 0 aliphatic carbocycles. The van der Waals surface area contributed by atoms with Crippen LogP contribution in [0.3, 0.4) is 0 Å². The van der Waals surface area contributed by atoms with Crippen LogP contribution in [-0.2, 0) is 0 Å². The van der Waals surface area contributed by atoms with Crippen LogP contribution in [0.25, 0.3) is 66.5 Å². The second-order valence-electron chi connectivity index (χ2n) is 9.22. The summed E-state index contributed by atoms with van der Waals surface area (Å²) in [5.74, 6) is 1.71. The van der Waals surface area contributed by atoms with Gasteiger partial charge in [-0.15, -0.1) is 0 Å². The van der Waals surface area contributed by atoms with Crippen LogP contribution < -0.4 is 0 Å². The fourth-order valence-corrected chi connectivity index (χ4v) is 5.06. The molecule has 7 rings (SSSR count). The van der Waals surface area contributed by atoms with Crippen molar-refractivity contribution in [2.75, 3.05) is 0 Å². The van der Waals surface area contributed by atoms with E-state index in [0.29, 0.717) is 23.2 Å². The van der Waals surface area contributed by atoms with Crippen LogP contribution in [0, 0.1) is 6.57 Å². The first-order valence-corrected chi connectivity index (χ1v) is 12.7. The number of para-hydroxylation sites is 2. The summed E-state index contributed by atoms with van der Waals surface area (Å²) in [6.45, 7) is 8.07. The van der Waals surface area contributed by atoms with Crippen molar-refractivity contribution in [3.63, 3.8) is 0 Å². The first kappa shape index (κ1) is 22.6. The molecule has 0 fully saturated rings. The van der Waals surface area contributed by atoms with Crippen molar-refractivity contribution in [3.05, 3.63) is 139 Å². The van der Waals surface area contributed by atoms with E-state index in [9.17, 15) is 0 Å². The molecule has 0 radical (unpaired) electrons. The molecule has 0 saturated heterocycles. The van der Waals surface area contributed by atoms with Gasteiger partial charge in [0, 0.05) is 27.5 Å². The van der Waals surface area contributed by atoms with Gasteiger partial charge >= 0.3 is 0 Å². The Bertz CT molecular complexity index is 1910. The minimum atomic E-state index is 0.529. The van der Waals surface area contributed by atoms with Gasteiger partial charge in [-0.05, 0) is 24.3 Å². The lowest BCUT2D eigenvalue weighted by molar-refractivity contribution is 1.07. The lowest BCUT2D eigenvalue weighted by Crippen LogP contribution is -2.00. The number of hydrogen-bond acceptors (Lipinski definition) is 3. The SMILES string of the molecule is [C-]#[N+]c1cc(-c2nc(-c3ccccc3)nc(-c3ccccc3)n2)ccc1-n1c2ccccc2c2ccccc21. The van der Waals surface area contributed by atoms with Crippen molar-refractivity contribution in [3.8, 4) is 39.9 Å². The second-order valence-corrected chi connectivity index (χ2v) is 9.22. The van der Waals surface area contributed by atoms with E-state index in [-0.39, 0.29) is 0 Å². The van der Waals surface area contributed by atoms with Crippen molar-refractivity contribution in [1.29, 1.82) is 0 Å². The lowest BCUT2D eigenvalue weighted by Gasteiger charge is -2.12. The minimum Gasteiger partial charge on any atom is -0.319 e. The summed E-state index contributed by atoms with van der Waals surface area (Å²) in [7, 11) is 0. The number of nitrogens with zero attached hydrogens (tertiary/aromatic N) is 5. The summed E-state index contributed by atoms with van der Waals surface area (Å²) in [5, 5.41) is 2.32. The summed E-state index contributed by atoms with van der Waals surface area (Å²) >= 11 is 0. The number of benzene rings is 5. The first-order valence-electron chi connectivity index (χ1n) is 12.7. The molecule has 2 heterocycles. The van der Waals surface area contributed by atoms with Gasteiger partial charge < -0.3 is 4.57 Å². The Morgan fingerprint density at radius 2 is 0.949 bits per heavy atom. The zero-order valence-corrected chi connectivity index (χ0v) is 20.9. The zero-order valence-electron chi connectivity index (χ0n) is 20.9. The highest BCUT2D eigenvalue weighted by Gasteiger charge is 2.17. The maximum Gasteiger partial charge on any atom is 0.211 e. The van der Waals surface area contributed by atoms with Gasteiger partial charge in [0.1, 0.15) is 0 Å². The molecule has 0 unspecified atom stereocenters. The Labute approximate surface area is 225 Å². The number of fused-ring (bicyclic) bond motifs is 3. The van der Waals surface area contributed by atoms with Crippen molar-refractivity contribution >= 4 is 27.5 Å². The minimum absolute atomic E-state index is 0.529. The van der Waals surface area contributed by atoms with Gasteiger partial charge in [0.05, 0.1) is 23.3 Å². The molecule has 182 valence electrons. The van der Waals surface area contributed by atoms with E-state index < -0.39 is 0 Å². The topological polar surface area (TPSA) is 48.0 Å². The number of hydrogen-bond donors (Lipinski definition) is 0. The van der Waals surface area contributed by atoms with Crippen molar-refractivity contribution in [1.82, 2.24) is 19.5 Å². The predicted octanol–water partition coefficient (Wildman–Crippen LogP) is 8.52. The van der Waals surface area contributed by atoms with Crippen LogP contribution in [0.4, 0.5) is 5.69 Å². The van der Waals surface area contributed by atoms with Crippen LogP contribution in [0.5, 0.6) is 0 Å². The number of rotatable bonds is 4. The van der Waals surface area contributed by atoms with Crippen LogP contribution in [0.2, 0.25) is 0 Å². The van der Waals surface area contributed by atoms with E-state index in [1.165, 1.54) is 0 Å². The Morgan fingerprint density at radius 1 is 0.487 bits per heavy atom. The van der Waals surface area contributed by atoms with Gasteiger partial charge in [0.15, 0.2) is 17.5 Å². The molecule has 2 aromatic heterocycles. The molecule has 0 saturated carbocycles. The first-order chi connectivity index (χ1) is 19.3. The number of aromatic nitrogens is 4. The second kappa shape index (κ2) is 9.37. The highest BCUT2D eigenvalue weighted by molar-refractivity contribution is 6.09. The van der Waals surface area contributed by atoms with Crippen molar-refractivity contribution < 1.29 is 0 Å². The van der Waals surface area contributed by atoms with Crippen LogP contribution in [0.1, 0.15) is 0 Å². The molecule has 5 aromatic carbocycles. The summed E-state index contributed by atoms with van der Waals surface area (Å²) in [6.07, 6.45) is 0. The Hall–Kier alpha value is -5.60. The van der Waals surface area contributed by atoms with Gasteiger partial charge in [-0.2, -0.15) is 0 Å².